The minimum atomic E-state index is -5.00. The number of nitrogens with zero attached hydrogens (tertiary/aromatic N) is 4. The summed E-state index contributed by atoms with van der Waals surface area (Å²) in [6.45, 7) is 0. The van der Waals surface area contributed by atoms with Crippen molar-refractivity contribution in [1.82, 2.24) is 19.9 Å². The van der Waals surface area contributed by atoms with E-state index in [1.54, 1.807) is 0 Å². The minimum Gasteiger partial charge on any atom is -0.224 e. The van der Waals surface area contributed by atoms with Crippen LogP contribution in [0.25, 0.3) is 239 Å². The molecule has 0 saturated carbocycles. The topological polar surface area (TPSA) is 51.6 Å². The van der Waals surface area contributed by atoms with Gasteiger partial charge in [-0.25, -0.2) is 19.9 Å². The molecule has 0 fully saturated rings. The summed E-state index contributed by atoms with van der Waals surface area (Å²) in [6, 6.07) is 82.0. The summed E-state index contributed by atoms with van der Waals surface area (Å²) in [4.78, 5) is 19.1. The molecule has 0 radical (unpaired) electrons. The Bertz CT molecular complexity index is 6590. The number of rotatable bonds is 4. The number of hydrogen-bond donors (Lipinski definition) is 0. The third-order valence-electron chi connectivity index (χ3n) is 21.9. The average Bonchev–Trinajstić information content (AvgIpc) is 0.673. The van der Waals surface area contributed by atoms with Crippen molar-refractivity contribution in [3.63, 3.8) is 0 Å². The van der Waals surface area contributed by atoms with Crippen LogP contribution in [0.4, 0.5) is 26.3 Å². The van der Waals surface area contributed by atoms with Gasteiger partial charge in [0, 0.05) is 43.8 Å². The maximum Gasteiger partial charge on any atom is 0.451 e. The first kappa shape index (κ1) is 52.9. The number of hydrogen-bond acceptors (Lipinski definition) is 4. The highest BCUT2D eigenvalue weighted by Gasteiger charge is 2.40. The van der Waals surface area contributed by atoms with Gasteiger partial charge < -0.3 is 0 Å². The van der Waals surface area contributed by atoms with Crippen molar-refractivity contribution in [2.24, 2.45) is 0 Å². The molecule has 23 rings (SSSR count). The molecular formula is C88H40F6N4. The number of benzene rings is 21. The smallest absolute Gasteiger partial charge is 0.224 e. The van der Waals surface area contributed by atoms with Gasteiger partial charge in [-0.3, -0.25) is 0 Å². The Labute approximate surface area is 548 Å². The van der Waals surface area contributed by atoms with E-state index in [1.807, 2.05) is 97.1 Å². The van der Waals surface area contributed by atoms with Crippen LogP contribution in [0.15, 0.2) is 243 Å². The lowest BCUT2D eigenvalue weighted by molar-refractivity contribution is -0.145. The first-order valence-corrected chi connectivity index (χ1v) is 32.6. The Kier molecular flexibility index (Phi) is 9.68. The lowest BCUT2D eigenvalue weighted by atomic mass is 9.80. The zero-order valence-electron chi connectivity index (χ0n) is 51.2. The van der Waals surface area contributed by atoms with E-state index in [9.17, 15) is 0 Å². The number of alkyl halides is 6. The van der Waals surface area contributed by atoms with Gasteiger partial charge in [-0.1, -0.05) is 218 Å². The third-order valence-corrected chi connectivity index (χ3v) is 21.9. The predicted molar refractivity (Wildman–Crippen MR) is 392 cm³/mol. The monoisotopic (exact) mass is 1270 g/mol. The predicted octanol–water partition coefficient (Wildman–Crippen LogP) is 25.4. The normalized spacial score (nSPS) is 13.2. The number of halogens is 6. The van der Waals surface area contributed by atoms with Gasteiger partial charge >= 0.3 is 12.4 Å². The van der Waals surface area contributed by atoms with E-state index in [0.717, 1.165) is 129 Å². The number of fused-ring (bicyclic) bond motifs is 2. The summed E-state index contributed by atoms with van der Waals surface area (Å²) in [5, 5.41) is 27.9. The molecule has 98 heavy (non-hydrogen) atoms. The van der Waals surface area contributed by atoms with E-state index in [-0.39, 0.29) is 22.1 Å². The Hall–Kier alpha value is -12.4. The van der Waals surface area contributed by atoms with E-state index in [1.165, 1.54) is 0 Å². The van der Waals surface area contributed by atoms with Crippen LogP contribution in [0.5, 0.6) is 0 Å². The third kappa shape index (κ3) is 6.71. The van der Waals surface area contributed by atoms with Crippen LogP contribution in [0, 0.1) is 0 Å². The van der Waals surface area contributed by atoms with Gasteiger partial charge in [0.25, 0.3) is 0 Å². The lowest BCUT2D eigenvalue weighted by Gasteiger charge is -2.25. The SMILES string of the molecule is FC(F)(F)c1nc2c(-c3ccc4ccc5cccc6ccc3c4c56)cc3c4cc(-c5ccc6ccc7cccc8ccc5c6c78)c5nc(C(F)(F)F)nc6c(-c7ccc8ccc9cccc%10ccc7c8c9%10)cc(c7cc(-c8ccc9ccc%10cccc%11ccc8c9c%10%11)c(n1)c2c37)c4c56. The Balaban J connectivity index is 0.973. The van der Waals surface area contributed by atoms with Crippen molar-refractivity contribution in [1.29, 1.82) is 0 Å². The Morgan fingerprint density at radius 1 is 0.173 bits per heavy atom. The first-order valence-electron chi connectivity index (χ1n) is 32.6. The van der Waals surface area contributed by atoms with Crippen molar-refractivity contribution in [3.8, 4) is 44.5 Å². The molecule has 0 atom stereocenters. The Morgan fingerprint density at radius 3 is 0.582 bits per heavy atom. The summed E-state index contributed by atoms with van der Waals surface area (Å²) in [5.41, 5.74) is 4.81. The van der Waals surface area contributed by atoms with Gasteiger partial charge in [0.05, 0.1) is 22.1 Å². The summed E-state index contributed by atoms with van der Waals surface area (Å²) in [5.74, 6) is -2.57. The molecule has 0 unspecified atom stereocenters. The molecule has 10 heteroatoms. The molecule has 0 aliphatic heterocycles. The maximum absolute atomic E-state index is 16.3. The molecule has 0 bridgehead atoms. The van der Waals surface area contributed by atoms with Crippen LogP contribution in [0.2, 0.25) is 0 Å². The van der Waals surface area contributed by atoms with E-state index in [0.29, 0.717) is 87.6 Å². The molecule has 454 valence electrons. The van der Waals surface area contributed by atoms with Gasteiger partial charge in [-0.15, -0.1) is 0 Å². The van der Waals surface area contributed by atoms with Crippen LogP contribution in [0.3, 0.4) is 0 Å². The first-order chi connectivity index (χ1) is 47.8. The highest BCUT2D eigenvalue weighted by atomic mass is 19.4. The molecule has 0 aliphatic carbocycles. The Morgan fingerprint density at radius 2 is 0.367 bits per heavy atom. The summed E-state index contributed by atoms with van der Waals surface area (Å²) in [7, 11) is 0. The molecular weight excluding hydrogens is 1230 g/mol. The van der Waals surface area contributed by atoms with Crippen LogP contribution < -0.4 is 0 Å². The van der Waals surface area contributed by atoms with Crippen LogP contribution in [-0.4, -0.2) is 19.9 Å². The fourth-order valence-electron chi connectivity index (χ4n) is 17.9. The van der Waals surface area contributed by atoms with Gasteiger partial charge in [-0.05, 0) is 197 Å². The van der Waals surface area contributed by atoms with Gasteiger partial charge in [-0.2, -0.15) is 26.3 Å². The molecule has 2 heterocycles. The zero-order chi connectivity index (χ0) is 64.7. The van der Waals surface area contributed by atoms with Gasteiger partial charge in [0.2, 0.25) is 11.6 Å². The molecule has 0 spiro atoms. The van der Waals surface area contributed by atoms with Crippen LogP contribution in [0.1, 0.15) is 11.6 Å². The maximum atomic E-state index is 16.3. The summed E-state index contributed by atoms with van der Waals surface area (Å²) >= 11 is 0. The average molecular weight is 1270 g/mol. The van der Waals surface area contributed by atoms with Gasteiger partial charge in [0.1, 0.15) is 0 Å². The van der Waals surface area contributed by atoms with Crippen molar-refractivity contribution in [2.45, 2.75) is 12.4 Å². The largest absolute Gasteiger partial charge is 0.451 e. The second-order valence-corrected chi connectivity index (χ2v) is 26.7. The van der Waals surface area contributed by atoms with E-state index >= 15 is 26.3 Å². The van der Waals surface area contributed by atoms with Crippen LogP contribution >= 0.6 is 0 Å². The van der Waals surface area contributed by atoms with Crippen LogP contribution in [-0.2, 0) is 12.4 Å². The van der Waals surface area contributed by atoms with E-state index < -0.39 is 24.0 Å². The van der Waals surface area contributed by atoms with Crippen molar-refractivity contribution in [2.75, 3.05) is 0 Å². The number of aromatic nitrogens is 4. The molecule has 2 aromatic heterocycles. The summed E-state index contributed by atoms with van der Waals surface area (Å²) < 4.78 is 97.9. The molecule has 23 aromatic rings. The second-order valence-electron chi connectivity index (χ2n) is 26.7. The molecule has 4 nitrogen and oxygen atoms in total. The van der Waals surface area contributed by atoms with Crippen molar-refractivity contribution in [3.05, 3.63) is 254 Å². The molecule has 0 amide bonds. The molecule has 21 aromatic carbocycles. The minimum absolute atomic E-state index is 0.111. The standard InChI is InChI=1S/C88H40F6N4/c89-87(90,91)85-95-81-65(53-29-21-49-17-13-41-5-1-9-45-25-33-57(53)73(49)69(41)45)37-61-62-38-67(55-31-23-51-19-15-43-7-3-11-47-27-35-59(55)75(51)71(43)47)83-80-78(62)64(63-39-66(82(96-85)79(81)77(61)63)54-30-22-50-18-14-42-6-2-10-46-26-34-58(54)74(50)70(42)46)40-68(84(80)98-86(97-83)88(92,93)94)56-32-24-52-20-16-44-8-4-12-48-28-36-60(56)76(52)72(44)48/h1-40H. The fourth-order valence-corrected chi connectivity index (χ4v) is 17.9. The van der Waals surface area contributed by atoms with Crippen molar-refractivity contribution >= 4 is 194 Å². The highest BCUT2D eigenvalue weighted by Crippen LogP contribution is 2.56. The zero-order valence-corrected chi connectivity index (χ0v) is 51.2. The molecule has 0 N–H and O–H groups in total. The molecule has 0 aliphatic rings. The lowest BCUT2D eigenvalue weighted by Crippen LogP contribution is -2.13. The summed E-state index contributed by atoms with van der Waals surface area (Å²) in [6.07, 6.45) is -10.00. The van der Waals surface area contributed by atoms with E-state index in [4.69, 9.17) is 19.9 Å². The second kappa shape index (κ2) is 17.9. The highest BCUT2D eigenvalue weighted by molar-refractivity contribution is 6.44. The molecule has 0 saturated heterocycles. The fraction of sp³-hybridized carbons (Fsp3) is 0.0227. The van der Waals surface area contributed by atoms with Gasteiger partial charge in [0.15, 0.2) is 0 Å². The quantitative estimate of drug-likeness (QED) is 0.100. The van der Waals surface area contributed by atoms with Crippen molar-refractivity contribution < 1.29 is 26.3 Å². The van der Waals surface area contributed by atoms with E-state index in [2.05, 4.69) is 146 Å².